The number of hydrogen-bond donors (Lipinski definition) is 2. The normalized spacial score (nSPS) is 13.1. The molecule has 16 heavy (non-hydrogen) atoms. The maximum atomic E-state index is 11.6. The number of alkyl halides is 2. The maximum absolute atomic E-state index is 11.6. The molecule has 0 aliphatic rings. The van der Waals surface area contributed by atoms with Gasteiger partial charge in [-0.05, 0) is 0 Å². The van der Waals surface area contributed by atoms with Crippen LogP contribution in [0.4, 0.5) is 8.78 Å². The molecular weight excluding hydrogens is 222 g/mol. The topological polar surface area (TPSA) is 58.9 Å². The van der Waals surface area contributed by atoms with Crippen molar-refractivity contribution in [2.45, 2.75) is 13.5 Å². The van der Waals surface area contributed by atoms with Gasteiger partial charge in [0.05, 0.1) is 26.5 Å². The number of methoxy groups -OCH3 is 2. The summed E-state index contributed by atoms with van der Waals surface area (Å²) in [4.78, 5) is 0. The van der Waals surface area contributed by atoms with Crippen LogP contribution in [0, 0.1) is 5.92 Å². The molecule has 0 fully saturated rings. The third-order valence-corrected chi connectivity index (χ3v) is 1.59. The Morgan fingerprint density at radius 2 is 1.62 bits per heavy atom. The largest absolute Gasteiger partial charge is 0.396 e. The van der Waals surface area contributed by atoms with E-state index in [1.54, 1.807) is 0 Å². The predicted molar refractivity (Wildman–Crippen MR) is 59.0 cm³/mol. The second-order valence-corrected chi connectivity index (χ2v) is 2.85. The first-order valence-electron chi connectivity index (χ1n) is 4.55. The lowest BCUT2D eigenvalue weighted by Crippen LogP contribution is -2.17. The van der Waals surface area contributed by atoms with E-state index >= 15 is 0 Å². The molecule has 2 atom stereocenters. The molecule has 0 amide bonds. The number of halogens is 2. The van der Waals surface area contributed by atoms with Gasteiger partial charge in [-0.15, -0.1) is 0 Å². The van der Waals surface area contributed by atoms with Crippen molar-refractivity contribution in [1.82, 2.24) is 0 Å². The zero-order chi connectivity index (χ0) is 12.1. The summed E-state index contributed by atoms with van der Waals surface area (Å²) in [6.45, 7) is -1.21. The average Bonchev–Trinajstić information content (AvgIpc) is 2.29. The second kappa shape index (κ2) is 17.1. The molecule has 0 bridgehead atoms. The minimum atomic E-state index is -0.625. The number of ether oxygens (including phenoxy) is 2. The summed E-state index contributed by atoms with van der Waals surface area (Å²) in [7, 11) is 2.85. The average molecular weight is 246 g/mol. The molecule has 0 aliphatic carbocycles. The van der Waals surface area contributed by atoms with Gasteiger partial charge in [-0.25, -0.2) is 4.39 Å². The molecule has 0 radical (unpaired) electrons. The summed E-state index contributed by atoms with van der Waals surface area (Å²) in [5.41, 5.74) is 0. The quantitative estimate of drug-likeness (QED) is 0.698. The van der Waals surface area contributed by atoms with E-state index in [4.69, 9.17) is 10.2 Å². The molecule has 0 aromatic heterocycles. The third kappa shape index (κ3) is 13.7. The molecular formula is C10H24F2O4. The number of hydrogen-bond acceptors (Lipinski definition) is 4. The molecule has 0 aromatic rings. The van der Waals surface area contributed by atoms with Crippen molar-refractivity contribution in [3.8, 4) is 0 Å². The van der Waals surface area contributed by atoms with Crippen LogP contribution in [-0.2, 0) is 9.47 Å². The maximum Gasteiger partial charge on any atom is 0.118 e. The van der Waals surface area contributed by atoms with Gasteiger partial charge < -0.3 is 19.7 Å². The van der Waals surface area contributed by atoms with Crippen molar-refractivity contribution in [1.29, 1.82) is 0 Å². The fourth-order valence-electron chi connectivity index (χ4n) is 0.568. The van der Waals surface area contributed by atoms with Gasteiger partial charge in [0.25, 0.3) is 0 Å². The van der Waals surface area contributed by atoms with Crippen LogP contribution in [0.2, 0.25) is 0 Å². The van der Waals surface area contributed by atoms with Crippen LogP contribution in [0.1, 0.15) is 7.43 Å². The number of aliphatic hydroxyl groups is 2. The fraction of sp³-hybridized carbons (Fsp3) is 1.00. The van der Waals surface area contributed by atoms with Crippen LogP contribution in [-0.4, -0.2) is 63.7 Å². The van der Waals surface area contributed by atoms with Gasteiger partial charge in [0.1, 0.15) is 12.8 Å². The van der Waals surface area contributed by atoms with Crippen LogP contribution in [0.5, 0.6) is 0 Å². The van der Waals surface area contributed by atoms with Crippen molar-refractivity contribution < 1.29 is 28.5 Å². The summed E-state index contributed by atoms with van der Waals surface area (Å²) in [5, 5.41) is 16.5. The van der Waals surface area contributed by atoms with Crippen LogP contribution >= 0.6 is 0 Å². The smallest absolute Gasteiger partial charge is 0.118 e. The Balaban J connectivity index is -0.000000200. The zero-order valence-electron chi connectivity index (χ0n) is 9.16. The van der Waals surface area contributed by atoms with E-state index in [0.717, 1.165) is 0 Å². The van der Waals surface area contributed by atoms with Crippen molar-refractivity contribution in [2.75, 3.05) is 47.4 Å². The molecule has 6 heteroatoms. The third-order valence-electron chi connectivity index (χ3n) is 1.59. The van der Waals surface area contributed by atoms with E-state index in [-0.39, 0.29) is 26.6 Å². The van der Waals surface area contributed by atoms with E-state index in [9.17, 15) is 8.78 Å². The van der Waals surface area contributed by atoms with E-state index in [1.807, 2.05) is 0 Å². The van der Waals surface area contributed by atoms with Crippen molar-refractivity contribution in [2.24, 2.45) is 5.92 Å². The van der Waals surface area contributed by atoms with Gasteiger partial charge >= 0.3 is 0 Å². The van der Waals surface area contributed by atoms with Crippen LogP contribution in [0.15, 0.2) is 0 Å². The van der Waals surface area contributed by atoms with Gasteiger partial charge in [0, 0.05) is 20.1 Å². The Morgan fingerprint density at radius 3 is 1.69 bits per heavy atom. The first kappa shape index (κ1) is 21.0. The second-order valence-electron chi connectivity index (χ2n) is 2.85. The summed E-state index contributed by atoms with van der Waals surface area (Å²) in [6, 6.07) is 0. The van der Waals surface area contributed by atoms with Gasteiger partial charge in [-0.3, -0.25) is 4.39 Å². The van der Waals surface area contributed by atoms with Gasteiger partial charge in [-0.2, -0.15) is 0 Å². The Labute approximate surface area is 96.2 Å². The Hall–Kier alpha value is -0.300. The Kier molecular flexibility index (Phi) is 22.5. The lowest BCUT2D eigenvalue weighted by molar-refractivity contribution is 0.0320. The summed E-state index contributed by atoms with van der Waals surface area (Å²) < 4.78 is 32.0. The van der Waals surface area contributed by atoms with Gasteiger partial charge in [0.15, 0.2) is 0 Å². The lowest BCUT2D eigenvalue weighted by atomic mass is 10.2. The molecule has 0 saturated heterocycles. The highest BCUT2D eigenvalue weighted by Crippen LogP contribution is 1.94. The molecule has 0 heterocycles. The van der Waals surface area contributed by atoms with Gasteiger partial charge in [-0.1, -0.05) is 7.43 Å². The van der Waals surface area contributed by atoms with E-state index < -0.39 is 19.5 Å². The molecule has 0 saturated carbocycles. The molecule has 2 unspecified atom stereocenters. The van der Waals surface area contributed by atoms with Crippen LogP contribution in [0.3, 0.4) is 0 Å². The minimum absolute atomic E-state index is 0. The van der Waals surface area contributed by atoms with Crippen LogP contribution < -0.4 is 0 Å². The molecule has 102 valence electrons. The molecule has 0 rings (SSSR count). The number of aliphatic hydroxyl groups excluding tert-OH is 2. The van der Waals surface area contributed by atoms with Crippen molar-refractivity contribution in [3.05, 3.63) is 0 Å². The first-order valence-corrected chi connectivity index (χ1v) is 4.55. The molecule has 4 nitrogen and oxygen atoms in total. The Bertz CT molecular complexity index is 103. The van der Waals surface area contributed by atoms with Crippen LogP contribution in [0.25, 0.3) is 0 Å². The molecule has 0 aromatic carbocycles. The Morgan fingerprint density at radius 1 is 1.06 bits per heavy atom. The van der Waals surface area contributed by atoms with E-state index in [1.165, 1.54) is 14.2 Å². The monoisotopic (exact) mass is 246 g/mol. The summed E-state index contributed by atoms with van der Waals surface area (Å²) in [6.07, 6.45) is -0.625. The summed E-state index contributed by atoms with van der Waals surface area (Å²) in [5.74, 6) is -0.333. The minimum Gasteiger partial charge on any atom is -0.396 e. The highest BCUT2D eigenvalue weighted by atomic mass is 19.1. The highest BCUT2D eigenvalue weighted by Gasteiger charge is 2.03. The zero-order valence-corrected chi connectivity index (χ0v) is 9.16. The molecule has 0 spiro atoms. The molecule has 0 aliphatic heterocycles. The highest BCUT2D eigenvalue weighted by molar-refractivity contribution is 4.51. The van der Waals surface area contributed by atoms with E-state index in [0.29, 0.717) is 6.61 Å². The van der Waals surface area contributed by atoms with Crippen molar-refractivity contribution in [3.63, 3.8) is 0 Å². The first-order chi connectivity index (χ1) is 7.19. The SMILES string of the molecule is C.COC(CO)CF.COCC(CO)CF. The van der Waals surface area contributed by atoms with E-state index in [2.05, 4.69) is 9.47 Å². The fourth-order valence-corrected chi connectivity index (χ4v) is 0.568. The van der Waals surface area contributed by atoms with Gasteiger partial charge in [0.2, 0.25) is 0 Å². The number of rotatable bonds is 7. The lowest BCUT2D eigenvalue weighted by Gasteiger charge is -2.05. The molecule has 2 N–H and O–H groups in total. The predicted octanol–water partition coefficient (Wildman–Crippen LogP) is 0.810. The van der Waals surface area contributed by atoms with Crippen molar-refractivity contribution >= 4 is 0 Å². The summed E-state index contributed by atoms with van der Waals surface area (Å²) >= 11 is 0. The standard InChI is InChI=1S/C5H11FO2.C4H9FO2.CH4/c1-8-4-5(2-6)3-7;1-7-4(2-5)3-6;/h5,7H,2-4H2,1H3;4,6H,2-3H2,1H3;1H4.